The fraction of sp³-hybridized carbons (Fsp3) is 0.238. The largest absolute Gasteiger partial charge is 0.323 e. The molecule has 0 radical (unpaired) electrons. The van der Waals surface area contributed by atoms with E-state index in [4.69, 9.17) is 10.8 Å². The highest BCUT2D eigenvalue weighted by atomic mass is 16.1. The van der Waals surface area contributed by atoms with Crippen molar-refractivity contribution >= 4 is 22.9 Å². The van der Waals surface area contributed by atoms with E-state index in [2.05, 4.69) is 10.1 Å². The van der Waals surface area contributed by atoms with Crippen molar-refractivity contribution in [2.75, 3.05) is 7.05 Å². The second-order valence-corrected chi connectivity index (χ2v) is 6.59. The number of rotatable bonds is 5. The number of ketones is 1. The van der Waals surface area contributed by atoms with E-state index in [-0.39, 0.29) is 17.9 Å². The molecule has 0 spiro atoms. The lowest BCUT2D eigenvalue weighted by Crippen LogP contribution is -2.26. The van der Waals surface area contributed by atoms with Gasteiger partial charge in [0.1, 0.15) is 11.4 Å². The summed E-state index contributed by atoms with van der Waals surface area (Å²) < 4.78 is 1.97. The fourth-order valence-corrected chi connectivity index (χ4v) is 3.02. The van der Waals surface area contributed by atoms with Gasteiger partial charge in [0.2, 0.25) is 0 Å². The van der Waals surface area contributed by atoms with E-state index in [0.717, 1.165) is 28.2 Å². The molecule has 2 aromatic heterocycles. The number of fused-ring (bicyclic) bond motifs is 1. The molecule has 0 bridgehead atoms. The predicted octanol–water partition coefficient (Wildman–Crippen LogP) is 3.14. The number of hydrazone groups is 1. The van der Waals surface area contributed by atoms with Crippen LogP contribution in [-0.2, 0) is 11.2 Å². The number of benzene rings is 1. The lowest BCUT2D eigenvalue weighted by Gasteiger charge is -2.07. The summed E-state index contributed by atoms with van der Waals surface area (Å²) in [5.41, 5.74) is 6.33. The minimum absolute atomic E-state index is 0.136. The zero-order chi connectivity index (χ0) is 19.6. The summed E-state index contributed by atoms with van der Waals surface area (Å²) in [6.07, 6.45) is 2.12. The molecule has 2 N–H and O–H groups in total. The van der Waals surface area contributed by atoms with Gasteiger partial charge in [-0.25, -0.2) is 4.98 Å². The lowest BCUT2D eigenvalue weighted by atomic mass is 10.0. The number of hydrogen-bond donors (Lipinski definition) is 1. The molecule has 138 valence electrons. The molecule has 0 aliphatic carbocycles. The number of carbonyl (C=O) groups is 1. The van der Waals surface area contributed by atoms with E-state index in [1.54, 1.807) is 14.0 Å². The van der Waals surface area contributed by atoms with Crippen LogP contribution in [0, 0.1) is 13.8 Å². The summed E-state index contributed by atoms with van der Waals surface area (Å²) >= 11 is 0. The molecule has 2 heterocycles. The van der Waals surface area contributed by atoms with E-state index < -0.39 is 0 Å². The summed E-state index contributed by atoms with van der Waals surface area (Å²) in [6, 6.07) is 12.1. The summed E-state index contributed by atoms with van der Waals surface area (Å²) in [4.78, 5) is 21.7. The van der Waals surface area contributed by atoms with Crippen LogP contribution in [0.5, 0.6) is 0 Å². The van der Waals surface area contributed by atoms with Crippen LogP contribution in [0.15, 0.2) is 52.7 Å². The third-order valence-electron chi connectivity index (χ3n) is 4.59. The lowest BCUT2D eigenvalue weighted by molar-refractivity contribution is -0.112. The van der Waals surface area contributed by atoms with Gasteiger partial charge in [-0.15, -0.1) is 0 Å². The number of imidazole rings is 1. The monoisotopic (exact) mass is 361 g/mol. The Morgan fingerprint density at radius 2 is 1.78 bits per heavy atom. The Labute approximate surface area is 158 Å². The van der Waals surface area contributed by atoms with Gasteiger partial charge in [-0.2, -0.15) is 5.10 Å². The van der Waals surface area contributed by atoms with Crippen LogP contribution in [0.2, 0.25) is 0 Å². The Hall–Kier alpha value is -3.28. The first kappa shape index (κ1) is 18.5. The average Bonchev–Trinajstić information content (AvgIpc) is 3.00. The molecule has 3 aromatic rings. The van der Waals surface area contributed by atoms with Crippen LogP contribution in [0.25, 0.3) is 16.9 Å². The quantitative estimate of drug-likeness (QED) is 0.430. The van der Waals surface area contributed by atoms with E-state index in [9.17, 15) is 4.79 Å². The number of carbonyl (C=O) groups excluding carboxylic acids is 1. The number of aromatic nitrogens is 2. The number of nitrogens with zero attached hydrogens (tertiary/aromatic N) is 4. The van der Waals surface area contributed by atoms with Crippen molar-refractivity contribution in [3.05, 3.63) is 59.4 Å². The maximum absolute atomic E-state index is 12.9. The Bertz CT molecular complexity index is 1060. The second-order valence-electron chi connectivity index (χ2n) is 6.59. The zero-order valence-electron chi connectivity index (χ0n) is 16.0. The number of Topliss-reactive ketones (excluding diaryl/α,β-unsaturated/α-hetero) is 1. The van der Waals surface area contributed by atoms with Gasteiger partial charge in [0.25, 0.3) is 0 Å². The van der Waals surface area contributed by atoms with Gasteiger partial charge in [0.15, 0.2) is 5.78 Å². The topological polar surface area (TPSA) is 85.1 Å². The first-order valence-corrected chi connectivity index (χ1v) is 8.74. The Kier molecular flexibility index (Phi) is 5.16. The molecule has 0 amide bonds. The van der Waals surface area contributed by atoms with Gasteiger partial charge in [0, 0.05) is 18.8 Å². The van der Waals surface area contributed by atoms with E-state index in [1.807, 2.05) is 60.8 Å². The molecule has 6 nitrogen and oxygen atoms in total. The molecular formula is C21H23N5O. The molecule has 0 saturated heterocycles. The predicted molar refractivity (Wildman–Crippen MR) is 109 cm³/mol. The molecule has 27 heavy (non-hydrogen) atoms. The highest BCUT2D eigenvalue weighted by Crippen LogP contribution is 2.26. The maximum atomic E-state index is 12.9. The van der Waals surface area contributed by atoms with Gasteiger partial charge < -0.3 is 10.2 Å². The normalized spacial score (nSPS) is 12.6. The number of aliphatic imine (C=N–C) groups is 1. The standard InChI is InChI=1S/C21H23N5O/c1-13-5-8-16(9-6-13)21-17(11-18(27)20(25-22)15(3)23-4)26-12-14(2)7-10-19(26)24-21/h5-10,12H,11,22H2,1-4H3. The van der Waals surface area contributed by atoms with E-state index in [1.165, 1.54) is 5.56 Å². The number of hydrogen-bond acceptors (Lipinski definition) is 5. The van der Waals surface area contributed by atoms with Crippen molar-refractivity contribution in [2.45, 2.75) is 27.2 Å². The minimum atomic E-state index is -0.183. The van der Waals surface area contributed by atoms with Crippen LogP contribution in [0.4, 0.5) is 0 Å². The highest BCUT2D eigenvalue weighted by molar-refractivity contribution is 6.67. The highest BCUT2D eigenvalue weighted by Gasteiger charge is 2.21. The summed E-state index contributed by atoms with van der Waals surface area (Å²) in [5.74, 6) is 5.26. The van der Waals surface area contributed by atoms with Gasteiger partial charge in [-0.1, -0.05) is 35.9 Å². The van der Waals surface area contributed by atoms with Crippen LogP contribution in [0.3, 0.4) is 0 Å². The molecule has 0 aliphatic heterocycles. The molecule has 3 rings (SSSR count). The van der Waals surface area contributed by atoms with Gasteiger partial charge in [0.05, 0.1) is 23.5 Å². The van der Waals surface area contributed by atoms with E-state index in [0.29, 0.717) is 5.71 Å². The molecule has 0 fully saturated rings. The molecule has 1 aromatic carbocycles. The summed E-state index contributed by atoms with van der Waals surface area (Å²) in [6.45, 7) is 5.78. The number of aryl methyl sites for hydroxylation is 2. The SMILES string of the molecule is CN=C(C)C(=NN)C(=O)Cc1c(-c2ccc(C)cc2)nc2ccc(C)cn12. The molecular weight excluding hydrogens is 338 g/mol. The van der Waals surface area contributed by atoms with Crippen LogP contribution >= 0.6 is 0 Å². The maximum Gasteiger partial charge on any atom is 0.190 e. The first-order valence-electron chi connectivity index (χ1n) is 8.74. The average molecular weight is 361 g/mol. The van der Waals surface area contributed by atoms with Crippen LogP contribution in [0.1, 0.15) is 23.7 Å². The smallest absolute Gasteiger partial charge is 0.190 e. The van der Waals surface area contributed by atoms with Crippen molar-refractivity contribution in [3.8, 4) is 11.3 Å². The molecule has 0 aliphatic rings. The van der Waals surface area contributed by atoms with Gasteiger partial charge in [-0.3, -0.25) is 9.79 Å². The third kappa shape index (κ3) is 3.65. The number of nitrogens with two attached hydrogens (primary N) is 1. The second kappa shape index (κ2) is 7.53. The first-order chi connectivity index (χ1) is 12.9. The van der Waals surface area contributed by atoms with Crippen molar-refractivity contribution < 1.29 is 4.79 Å². The Balaban J connectivity index is 2.14. The van der Waals surface area contributed by atoms with Crippen molar-refractivity contribution in [2.24, 2.45) is 15.9 Å². The van der Waals surface area contributed by atoms with Crippen LogP contribution in [-0.4, -0.2) is 33.6 Å². The molecule has 0 saturated carbocycles. The third-order valence-corrected chi connectivity index (χ3v) is 4.59. The van der Waals surface area contributed by atoms with E-state index >= 15 is 0 Å². The Morgan fingerprint density at radius 1 is 1.11 bits per heavy atom. The zero-order valence-corrected chi connectivity index (χ0v) is 16.0. The van der Waals surface area contributed by atoms with Crippen LogP contribution < -0.4 is 5.84 Å². The minimum Gasteiger partial charge on any atom is -0.323 e. The fourth-order valence-electron chi connectivity index (χ4n) is 3.02. The number of pyridine rings is 1. The van der Waals surface area contributed by atoms with Crippen molar-refractivity contribution in [1.82, 2.24) is 9.38 Å². The van der Waals surface area contributed by atoms with Gasteiger partial charge >= 0.3 is 0 Å². The molecule has 0 atom stereocenters. The Morgan fingerprint density at radius 3 is 2.41 bits per heavy atom. The van der Waals surface area contributed by atoms with Crippen molar-refractivity contribution in [1.29, 1.82) is 0 Å². The summed E-state index contributed by atoms with van der Waals surface area (Å²) in [5, 5.41) is 3.66. The summed E-state index contributed by atoms with van der Waals surface area (Å²) in [7, 11) is 1.61. The van der Waals surface area contributed by atoms with Gasteiger partial charge in [-0.05, 0) is 32.4 Å². The van der Waals surface area contributed by atoms with Crippen molar-refractivity contribution in [3.63, 3.8) is 0 Å². The molecule has 0 unspecified atom stereocenters. The molecule has 6 heteroatoms.